The maximum atomic E-state index is 13.2. The number of phenols is 1. The Morgan fingerprint density at radius 2 is 1.88 bits per heavy atom. The van der Waals surface area contributed by atoms with Crippen molar-refractivity contribution in [1.82, 2.24) is 9.55 Å². The lowest BCUT2D eigenvalue weighted by Crippen LogP contribution is -2.04. The second-order valence-corrected chi connectivity index (χ2v) is 8.52. The van der Waals surface area contributed by atoms with E-state index >= 15 is 0 Å². The number of aryl methyl sites for hydroxylation is 2. The summed E-state index contributed by atoms with van der Waals surface area (Å²) in [5.74, 6) is -1.73. The highest BCUT2D eigenvalue weighted by Crippen LogP contribution is 2.45. The van der Waals surface area contributed by atoms with E-state index in [1.807, 2.05) is 26.0 Å². The molecule has 7 nitrogen and oxygen atoms in total. The molecule has 5 rings (SSSR count). The van der Waals surface area contributed by atoms with Gasteiger partial charge in [0.2, 0.25) is 11.7 Å². The zero-order chi connectivity index (χ0) is 22.6. The Morgan fingerprint density at radius 1 is 1.06 bits per heavy atom. The lowest BCUT2D eigenvalue weighted by molar-refractivity contribution is 0.101. The number of furan rings is 1. The van der Waals surface area contributed by atoms with Gasteiger partial charge in [0.05, 0.1) is 27.7 Å². The topological polar surface area (TPSA) is 109 Å². The van der Waals surface area contributed by atoms with Crippen LogP contribution in [0.1, 0.15) is 27.2 Å². The summed E-state index contributed by atoms with van der Waals surface area (Å²) < 4.78 is 7.48. The highest BCUT2D eigenvalue weighted by atomic mass is 32.1. The minimum Gasteiger partial charge on any atom is -0.508 e. The predicted octanol–water partition coefficient (Wildman–Crippen LogP) is 5.31. The molecule has 0 aliphatic rings. The van der Waals surface area contributed by atoms with E-state index in [1.165, 1.54) is 40.4 Å². The molecular formula is C24H18N2O5S. The summed E-state index contributed by atoms with van der Waals surface area (Å²) in [5.41, 5.74) is 3.29. The van der Waals surface area contributed by atoms with Crippen molar-refractivity contribution >= 4 is 27.3 Å². The fraction of sp³-hybridized carbons (Fsp3) is 0.0833. The van der Waals surface area contributed by atoms with Crippen LogP contribution in [0.15, 0.2) is 59.2 Å². The molecule has 3 heterocycles. The summed E-state index contributed by atoms with van der Waals surface area (Å²) in [6.07, 6.45) is 1.35. The molecule has 0 amide bonds. The second-order valence-electron chi connectivity index (χ2n) is 7.51. The third-order valence-corrected chi connectivity index (χ3v) is 6.21. The van der Waals surface area contributed by atoms with Crippen LogP contribution in [0.2, 0.25) is 0 Å². The van der Waals surface area contributed by atoms with Gasteiger partial charge in [0.1, 0.15) is 5.75 Å². The monoisotopic (exact) mass is 446 g/mol. The van der Waals surface area contributed by atoms with Gasteiger partial charge >= 0.3 is 0 Å². The lowest BCUT2D eigenvalue weighted by atomic mass is 10.0. The second kappa shape index (κ2) is 7.28. The van der Waals surface area contributed by atoms with E-state index in [0.717, 1.165) is 21.3 Å². The molecule has 8 heteroatoms. The lowest BCUT2D eigenvalue weighted by Gasteiger charge is -2.09. The molecule has 0 aliphatic carbocycles. The first-order valence-electron chi connectivity index (χ1n) is 9.77. The number of ketones is 1. The fourth-order valence-corrected chi connectivity index (χ4v) is 5.01. The molecule has 0 saturated carbocycles. The number of rotatable bonds is 4. The first-order valence-corrected chi connectivity index (χ1v) is 10.6. The van der Waals surface area contributed by atoms with Gasteiger partial charge in [-0.1, -0.05) is 29.5 Å². The molecular weight excluding hydrogens is 428 g/mol. The molecule has 160 valence electrons. The molecule has 0 aliphatic heterocycles. The zero-order valence-electron chi connectivity index (χ0n) is 17.2. The van der Waals surface area contributed by atoms with Crippen molar-refractivity contribution in [3.8, 4) is 33.8 Å². The first-order chi connectivity index (χ1) is 15.3. The van der Waals surface area contributed by atoms with Crippen LogP contribution in [0, 0.1) is 13.8 Å². The standard InChI is InChI=1S/C24H18N2O5S/c1-12-9-13(2)19-17(10-12)32-24(25-19)26-20(14-5-3-6-15(27)11-14)18(22(29)23(26)30)21(28)16-7-4-8-31-16/h3-11,27,29-30H,1-2H3. The Labute approximate surface area is 186 Å². The van der Waals surface area contributed by atoms with Crippen molar-refractivity contribution in [3.05, 3.63) is 77.2 Å². The van der Waals surface area contributed by atoms with Gasteiger partial charge in [-0.3, -0.25) is 9.36 Å². The molecule has 0 radical (unpaired) electrons. The van der Waals surface area contributed by atoms with Crippen molar-refractivity contribution in [2.75, 3.05) is 0 Å². The van der Waals surface area contributed by atoms with Crippen molar-refractivity contribution in [2.24, 2.45) is 0 Å². The third kappa shape index (κ3) is 3.04. The molecule has 0 unspecified atom stereocenters. The molecule has 3 N–H and O–H groups in total. The van der Waals surface area contributed by atoms with E-state index in [1.54, 1.807) is 18.2 Å². The van der Waals surface area contributed by atoms with E-state index in [0.29, 0.717) is 10.7 Å². The number of aromatic nitrogens is 2. The number of benzene rings is 2. The number of thiazole rings is 1. The number of nitrogens with zero attached hydrogens (tertiary/aromatic N) is 2. The Bertz CT molecular complexity index is 1490. The molecule has 0 fully saturated rings. The fourth-order valence-electron chi connectivity index (χ4n) is 3.86. The predicted molar refractivity (Wildman–Crippen MR) is 121 cm³/mol. The summed E-state index contributed by atoms with van der Waals surface area (Å²) in [6.45, 7) is 3.94. The first kappa shape index (κ1) is 19.9. The summed E-state index contributed by atoms with van der Waals surface area (Å²) in [6, 6.07) is 13.3. The maximum Gasteiger partial charge on any atom is 0.242 e. The van der Waals surface area contributed by atoms with Gasteiger partial charge in [-0.05, 0) is 55.3 Å². The third-order valence-electron chi connectivity index (χ3n) is 5.22. The summed E-state index contributed by atoms with van der Waals surface area (Å²) >= 11 is 1.32. The van der Waals surface area contributed by atoms with Crippen LogP contribution in [-0.2, 0) is 0 Å². The Balaban J connectivity index is 1.84. The molecule has 32 heavy (non-hydrogen) atoms. The Morgan fingerprint density at radius 3 is 2.59 bits per heavy atom. The van der Waals surface area contributed by atoms with Gasteiger partial charge in [-0.2, -0.15) is 0 Å². The average Bonchev–Trinajstić information content (AvgIpc) is 3.47. The van der Waals surface area contributed by atoms with Crippen LogP contribution in [0.5, 0.6) is 17.4 Å². The minimum atomic E-state index is -0.604. The smallest absolute Gasteiger partial charge is 0.242 e. The highest BCUT2D eigenvalue weighted by Gasteiger charge is 2.32. The molecule has 0 spiro atoms. The Kier molecular flexibility index (Phi) is 4.53. The van der Waals surface area contributed by atoms with E-state index in [9.17, 15) is 20.1 Å². The number of hydrogen-bond donors (Lipinski definition) is 3. The van der Waals surface area contributed by atoms with Gasteiger partial charge in [-0.15, -0.1) is 0 Å². The van der Waals surface area contributed by atoms with Gasteiger partial charge < -0.3 is 19.7 Å². The van der Waals surface area contributed by atoms with E-state index in [-0.39, 0.29) is 22.8 Å². The highest BCUT2D eigenvalue weighted by molar-refractivity contribution is 7.20. The van der Waals surface area contributed by atoms with Crippen molar-refractivity contribution in [1.29, 1.82) is 0 Å². The molecule has 0 bridgehead atoms. The van der Waals surface area contributed by atoms with Crippen molar-refractivity contribution < 1.29 is 24.5 Å². The van der Waals surface area contributed by atoms with Crippen molar-refractivity contribution in [3.63, 3.8) is 0 Å². The number of carbonyl (C=O) groups excluding carboxylic acids is 1. The zero-order valence-corrected chi connectivity index (χ0v) is 18.0. The SMILES string of the molecule is Cc1cc(C)c2nc(-n3c(O)c(O)c(C(=O)c4ccco4)c3-c3cccc(O)c3)sc2c1. The average molecular weight is 446 g/mol. The quantitative estimate of drug-likeness (QED) is 0.323. The summed E-state index contributed by atoms with van der Waals surface area (Å²) in [5, 5.41) is 32.2. The Hall–Kier alpha value is -4.04. The number of fused-ring (bicyclic) bond motifs is 1. The van der Waals surface area contributed by atoms with Crippen LogP contribution in [0.4, 0.5) is 0 Å². The van der Waals surface area contributed by atoms with Crippen molar-refractivity contribution in [2.45, 2.75) is 13.8 Å². The maximum absolute atomic E-state index is 13.2. The van der Waals surface area contributed by atoms with Crippen LogP contribution >= 0.6 is 11.3 Å². The number of aromatic hydroxyl groups is 3. The normalized spacial score (nSPS) is 11.3. The number of hydrogen-bond acceptors (Lipinski definition) is 7. The number of phenolic OH excluding ortho intramolecular Hbond substituents is 1. The molecule has 0 atom stereocenters. The molecule has 3 aromatic heterocycles. The number of carbonyl (C=O) groups is 1. The molecule has 0 saturated heterocycles. The van der Waals surface area contributed by atoms with Gasteiger partial charge in [0.15, 0.2) is 16.6 Å². The van der Waals surface area contributed by atoms with Gasteiger partial charge in [0, 0.05) is 5.56 Å². The van der Waals surface area contributed by atoms with Gasteiger partial charge in [0.25, 0.3) is 0 Å². The largest absolute Gasteiger partial charge is 0.508 e. The molecule has 2 aromatic carbocycles. The van der Waals surface area contributed by atoms with Crippen LogP contribution < -0.4 is 0 Å². The van der Waals surface area contributed by atoms with Gasteiger partial charge in [-0.25, -0.2) is 4.98 Å². The van der Waals surface area contributed by atoms with Crippen LogP contribution in [-0.4, -0.2) is 30.7 Å². The minimum absolute atomic E-state index is 0.00891. The van der Waals surface area contributed by atoms with E-state index in [2.05, 4.69) is 4.98 Å². The summed E-state index contributed by atoms with van der Waals surface area (Å²) in [7, 11) is 0. The molecule has 5 aromatic rings. The van der Waals surface area contributed by atoms with E-state index in [4.69, 9.17) is 4.42 Å². The van der Waals surface area contributed by atoms with E-state index < -0.39 is 17.4 Å². The summed E-state index contributed by atoms with van der Waals surface area (Å²) in [4.78, 5) is 17.9. The van der Waals surface area contributed by atoms with Crippen LogP contribution in [0.3, 0.4) is 0 Å². The van der Waals surface area contributed by atoms with Crippen LogP contribution in [0.25, 0.3) is 26.6 Å².